The second-order valence-corrected chi connectivity index (χ2v) is 7.31. The first-order valence-electron chi connectivity index (χ1n) is 9.69. The van der Waals surface area contributed by atoms with E-state index in [0.717, 1.165) is 16.7 Å². The van der Waals surface area contributed by atoms with Crippen LogP contribution in [-0.4, -0.2) is 19.5 Å². The average molecular weight is 459 g/mol. The summed E-state index contributed by atoms with van der Waals surface area (Å²) in [6.45, 7) is -0.726. The van der Waals surface area contributed by atoms with Crippen molar-refractivity contribution in [1.29, 1.82) is 0 Å². The summed E-state index contributed by atoms with van der Waals surface area (Å²) in [7, 11) is 1.58. The van der Waals surface area contributed by atoms with E-state index >= 15 is 0 Å². The van der Waals surface area contributed by atoms with Crippen molar-refractivity contribution in [2.45, 2.75) is 20.1 Å². The molecule has 0 aliphatic heterocycles. The topological polar surface area (TPSA) is 44.8 Å². The number of alkyl halides is 2. The van der Waals surface area contributed by atoms with Crippen LogP contribution in [0.2, 0.25) is 5.02 Å². The highest BCUT2D eigenvalue weighted by molar-refractivity contribution is 6.30. The summed E-state index contributed by atoms with van der Waals surface area (Å²) in [5.74, 6) is 1.11. The molecule has 0 amide bonds. The number of carbonyl (C=O) groups excluding carboxylic acids is 1. The molecule has 0 heterocycles. The normalized spacial score (nSPS) is 11.1. The van der Waals surface area contributed by atoms with Crippen LogP contribution in [0.5, 0.6) is 17.2 Å². The summed E-state index contributed by atoms with van der Waals surface area (Å²) < 4.78 is 40.1. The molecule has 0 fully saturated rings. The number of rotatable bonds is 9. The van der Waals surface area contributed by atoms with Gasteiger partial charge in [0.1, 0.15) is 23.9 Å². The highest BCUT2D eigenvalue weighted by atomic mass is 35.5. The fourth-order valence-electron chi connectivity index (χ4n) is 3.01. The fourth-order valence-corrected chi connectivity index (χ4v) is 3.24. The van der Waals surface area contributed by atoms with E-state index in [-0.39, 0.29) is 18.1 Å². The molecule has 0 aliphatic carbocycles. The molecule has 4 nitrogen and oxygen atoms in total. The molecular weight excluding hydrogens is 438 g/mol. The Morgan fingerprint density at radius 2 is 1.75 bits per heavy atom. The molecule has 3 aromatic carbocycles. The van der Waals surface area contributed by atoms with E-state index in [1.54, 1.807) is 25.3 Å². The first-order chi connectivity index (χ1) is 15.4. The zero-order chi connectivity index (χ0) is 23.1. The van der Waals surface area contributed by atoms with Gasteiger partial charge in [0.15, 0.2) is 5.78 Å². The highest BCUT2D eigenvalue weighted by Gasteiger charge is 2.09. The molecule has 0 atom stereocenters. The Morgan fingerprint density at radius 1 is 1.03 bits per heavy atom. The Morgan fingerprint density at radius 3 is 2.41 bits per heavy atom. The van der Waals surface area contributed by atoms with Crippen molar-refractivity contribution in [2.24, 2.45) is 0 Å². The smallest absolute Gasteiger partial charge is 0.387 e. The number of halogens is 3. The van der Waals surface area contributed by atoms with Gasteiger partial charge in [-0.1, -0.05) is 23.7 Å². The average Bonchev–Trinajstić information content (AvgIpc) is 2.77. The molecule has 3 aromatic rings. The van der Waals surface area contributed by atoms with E-state index in [0.29, 0.717) is 22.1 Å². The Kier molecular flexibility index (Phi) is 7.84. The summed E-state index contributed by atoms with van der Waals surface area (Å²) in [4.78, 5) is 12.4. The van der Waals surface area contributed by atoms with Gasteiger partial charge in [0, 0.05) is 16.1 Å². The van der Waals surface area contributed by atoms with Gasteiger partial charge in [-0.2, -0.15) is 8.78 Å². The second-order valence-electron chi connectivity index (χ2n) is 6.87. The molecule has 0 aliphatic rings. The van der Waals surface area contributed by atoms with Crippen LogP contribution in [0.4, 0.5) is 8.78 Å². The molecular formula is C25H21ClF2O4. The molecule has 7 heteroatoms. The van der Waals surface area contributed by atoms with Gasteiger partial charge in [0.2, 0.25) is 0 Å². The zero-order valence-electron chi connectivity index (χ0n) is 17.5. The van der Waals surface area contributed by atoms with Gasteiger partial charge in [-0.05, 0) is 78.7 Å². The Hall–Kier alpha value is -3.38. The Balaban J connectivity index is 1.71. The van der Waals surface area contributed by atoms with Crippen LogP contribution >= 0.6 is 11.6 Å². The van der Waals surface area contributed by atoms with Crippen molar-refractivity contribution in [2.75, 3.05) is 7.11 Å². The van der Waals surface area contributed by atoms with E-state index in [2.05, 4.69) is 4.74 Å². The van der Waals surface area contributed by atoms with Gasteiger partial charge in [0.25, 0.3) is 0 Å². The summed E-state index contributed by atoms with van der Waals surface area (Å²) in [6, 6.07) is 16.4. The predicted octanol–water partition coefficient (Wildman–Crippen LogP) is 6.73. The third kappa shape index (κ3) is 6.31. The molecule has 0 radical (unpaired) electrons. The zero-order valence-corrected chi connectivity index (χ0v) is 18.2. The lowest BCUT2D eigenvalue weighted by atomic mass is 10.1. The maximum absolute atomic E-state index is 12.4. The SMILES string of the molecule is COc1ccc(/C=C/C(=O)c2ccc(OC(F)F)cc2)cc1COc1ccc(Cl)cc1C. The molecule has 0 saturated carbocycles. The van der Waals surface area contributed by atoms with Gasteiger partial charge in [-0.15, -0.1) is 0 Å². The summed E-state index contributed by atoms with van der Waals surface area (Å²) in [6.07, 6.45) is 3.08. The van der Waals surface area contributed by atoms with Crippen molar-refractivity contribution >= 4 is 23.5 Å². The van der Waals surface area contributed by atoms with Crippen molar-refractivity contribution in [3.05, 3.63) is 94.0 Å². The van der Waals surface area contributed by atoms with Crippen LogP contribution in [0.1, 0.15) is 27.0 Å². The monoisotopic (exact) mass is 458 g/mol. The van der Waals surface area contributed by atoms with Gasteiger partial charge < -0.3 is 14.2 Å². The summed E-state index contributed by atoms with van der Waals surface area (Å²) in [5.41, 5.74) is 2.87. The third-order valence-electron chi connectivity index (χ3n) is 4.62. The number of carbonyl (C=O) groups is 1. The van der Waals surface area contributed by atoms with Crippen LogP contribution in [0, 0.1) is 6.92 Å². The number of hydrogen-bond acceptors (Lipinski definition) is 4. The minimum atomic E-state index is -2.91. The number of benzene rings is 3. The van der Waals surface area contributed by atoms with Crippen molar-refractivity contribution in [1.82, 2.24) is 0 Å². The Bertz CT molecular complexity index is 1110. The summed E-state index contributed by atoms with van der Waals surface area (Å²) in [5, 5.41) is 0.639. The molecule has 0 aromatic heterocycles. The largest absolute Gasteiger partial charge is 0.496 e. The van der Waals surface area contributed by atoms with Crippen molar-refractivity contribution in [3.63, 3.8) is 0 Å². The number of allylic oxidation sites excluding steroid dienone is 1. The molecule has 32 heavy (non-hydrogen) atoms. The molecule has 0 spiro atoms. The minimum Gasteiger partial charge on any atom is -0.496 e. The number of methoxy groups -OCH3 is 1. The van der Waals surface area contributed by atoms with Crippen molar-refractivity contribution < 1.29 is 27.8 Å². The highest BCUT2D eigenvalue weighted by Crippen LogP contribution is 2.26. The van der Waals surface area contributed by atoms with Crippen LogP contribution in [-0.2, 0) is 6.61 Å². The first kappa shape index (κ1) is 23.3. The van der Waals surface area contributed by atoms with E-state index in [1.807, 2.05) is 31.2 Å². The van der Waals surface area contributed by atoms with Crippen LogP contribution < -0.4 is 14.2 Å². The first-order valence-corrected chi connectivity index (χ1v) is 10.1. The van der Waals surface area contributed by atoms with Gasteiger partial charge in [-0.3, -0.25) is 4.79 Å². The number of aryl methyl sites for hydroxylation is 1. The maximum Gasteiger partial charge on any atom is 0.387 e. The molecule has 3 rings (SSSR count). The number of hydrogen-bond donors (Lipinski definition) is 0. The molecule has 0 N–H and O–H groups in total. The molecule has 0 bridgehead atoms. The number of ketones is 1. The van der Waals surface area contributed by atoms with Crippen LogP contribution in [0.15, 0.2) is 66.7 Å². The molecule has 0 unspecified atom stereocenters. The predicted molar refractivity (Wildman–Crippen MR) is 120 cm³/mol. The quantitative estimate of drug-likeness (QED) is 0.263. The lowest BCUT2D eigenvalue weighted by Crippen LogP contribution is -2.02. The van der Waals surface area contributed by atoms with E-state index in [9.17, 15) is 13.6 Å². The third-order valence-corrected chi connectivity index (χ3v) is 4.85. The fraction of sp³-hybridized carbons (Fsp3) is 0.160. The lowest BCUT2D eigenvalue weighted by Gasteiger charge is -2.13. The van der Waals surface area contributed by atoms with E-state index in [1.165, 1.54) is 30.3 Å². The Labute approximate surface area is 190 Å². The van der Waals surface area contributed by atoms with E-state index in [4.69, 9.17) is 21.1 Å². The van der Waals surface area contributed by atoms with Crippen LogP contribution in [0.25, 0.3) is 6.08 Å². The van der Waals surface area contributed by atoms with Gasteiger partial charge >= 0.3 is 6.61 Å². The summed E-state index contributed by atoms with van der Waals surface area (Å²) >= 11 is 5.99. The molecule has 166 valence electrons. The maximum atomic E-state index is 12.4. The van der Waals surface area contributed by atoms with E-state index < -0.39 is 6.61 Å². The van der Waals surface area contributed by atoms with Crippen molar-refractivity contribution in [3.8, 4) is 17.2 Å². The second kappa shape index (κ2) is 10.8. The minimum absolute atomic E-state index is 0.00347. The van der Waals surface area contributed by atoms with Gasteiger partial charge in [0.05, 0.1) is 7.11 Å². The van der Waals surface area contributed by atoms with Crippen LogP contribution in [0.3, 0.4) is 0 Å². The standard InChI is InChI=1S/C25H21ClF2O4/c1-16-13-20(26)7-12-23(16)31-15-19-14-17(4-11-24(19)30-2)3-10-22(29)18-5-8-21(9-6-18)32-25(27)28/h3-14,25H,15H2,1-2H3/b10-3+. The lowest BCUT2D eigenvalue weighted by molar-refractivity contribution is -0.0498. The number of ether oxygens (including phenoxy) is 3. The molecule has 0 saturated heterocycles. The van der Waals surface area contributed by atoms with Gasteiger partial charge in [-0.25, -0.2) is 0 Å².